The molecule has 0 atom stereocenters. The van der Waals surface area contributed by atoms with Gasteiger partial charge in [-0.25, -0.2) is 4.79 Å². The fourth-order valence-electron chi connectivity index (χ4n) is 2.27. The molecule has 1 fully saturated rings. The molecule has 19 heavy (non-hydrogen) atoms. The highest BCUT2D eigenvalue weighted by molar-refractivity contribution is 5.99. The molecule has 0 saturated carbocycles. The highest BCUT2D eigenvalue weighted by atomic mass is 16.2. The van der Waals surface area contributed by atoms with Gasteiger partial charge in [0.25, 0.3) is 0 Å². The van der Waals surface area contributed by atoms with Crippen LogP contribution < -0.4 is 11.1 Å². The van der Waals surface area contributed by atoms with Crippen molar-refractivity contribution in [3.05, 3.63) is 29.3 Å². The summed E-state index contributed by atoms with van der Waals surface area (Å²) in [6.07, 6.45) is 2.21. The zero-order valence-corrected chi connectivity index (χ0v) is 11.4. The third kappa shape index (κ3) is 3.24. The van der Waals surface area contributed by atoms with E-state index in [4.69, 9.17) is 5.73 Å². The summed E-state index contributed by atoms with van der Waals surface area (Å²) in [5.41, 5.74) is 8.67. The van der Waals surface area contributed by atoms with E-state index in [1.54, 1.807) is 0 Å². The average molecular weight is 260 g/mol. The van der Waals surface area contributed by atoms with E-state index < -0.39 is 6.03 Å². The van der Waals surface area contributed by atoms with E-state index in [1.165, 1.54) is 0 Å². The summed E-state index contributed by atoms with van der Waals surface area (Å²) in [6, 6.07) is 5.45. The summed E-state index contributed by atoms with van der Waals surface area (Å²) in [4.78, 5) is 17.7. The Morgan fingerprint density at radius 1 is 1.26 bits per heavy atom. The molecule has 3 N–H and O–H groups in total. The molecule has 0 unspecified atom stereocenters. The van der Waals surface area contributed by atoms with Crippen LogP contribution in [0, 0.1) is 13.8 Å². The molecule has 1 aromatic rings. The standard InChI is InChI=1S/C14H20N4O/c1-10-6-5-7-11(2)12(10)16-14(19)17-13(15)18-8-3-4-9-18/h5-7H,3-4,8-9H2,1-2H3,(H3,15,16,17,19). The van der Waals surface area contributed by atoms with Crippen LogP contribution in [0.25, 0.3) is 0 Å². The number of nitrogens with two attached hydrogens (primary N) is 1. The molecule has 5 nitrogen and oxygen atoms in total. The van der Waals surface area contributed by atoms with E-state index >= 15 is 0 Å². The largest absolute Gasteiger partial charge is 0.369 e. The van der Waals surface area contributed by atoms with Crippen LogP contribution in [0.3, 0.4) is 0 Å². The number of amides is 2. The van der Waals surface area contributed by atoms with Gasteiger partial charge in [0.1, 0.15) is 0 Å². The Bertz CT molecular complexity index is 484. The number of aliphatic imine (C=N–C) groups is 1. The van der Waals surface area contributed by atoms with Crippen LogP contribution in [-0.2, 0) is 0 Å². The van der Waals surface area contributed by atoms with Gasteiger partial charge in [0.05, 0.1) is 0 Å². The second kappa shape index (κ2) is 5.73. The smallest absolute Gasteiger partial charge is 0.348 e. The Hall–Kier alpha value is -2.04. The van der Waals surface area contributed by atoms with Crippen LogP contribution in [0.2, 0.25) is 0 Å². The molecule has 1 saturated heterocycles. The van der Waals surface area contributed by atoms with Crippen LogP contribution in [-0.4, -0.2) is 30.0 Å². The van der Waals surface area contributed by atoms with Gasteiger partial charge < -0.3 is 16.0 Å². The molecule has 1 aromatic carbocycles. The topological polar surface area (TPSA) is 70.7 Å². The Labute approximate surface area is 113 Å². The summed E-state index contributed by atoms with van der Waals surface area (Å²) >= 11 is 0. The van der Waals surface area contributed by atoms with E-state index in [9.17, 15) is 4.79 Å². The lowest BCUT2D eigenvalue weighted by Gasteiger charge is -2.15. The number of carbonyl (C=O) groups excluding carboxylic acids is 1. The van der Waals surface area contributed by atoms with Gasteiger partial charge in [0, 0.05) is 18.8 Å². The molecule has 0 aliphatic carbocycles. The average Bonchev–Trinajstić information content (AvgIpc) is 2.88. The van der Waals surface area contributed by atoms with Crippen LogP contribution in [0.4, 0.5) is 10.5 Å². The van der Waals surface area contributed by atoms with Gasteiger partial charge in [-0.2, -0.15) is 4.99 Å². The fourth-order valence-corrected chi connectivity index (χ4v) is 2.27. The minimum Gasteiger partial charge on any atom is -0.369 e. The van der Waals surface area contributed by atoms with Crippen molar-refractivity contribution < 1.29 is 4.79 Å². The zero-order valence-electron chi connectivity index (χ0n) is 11.4. The van der Waals surface area contributed by atoms with Gasteiger partial charge >= 0.3 is 6.03 Å². The van der Waals surface area contributed by atoms with Gasteiger partial charge in [-0.3, -0.25) is 0 Å². The molecule has 102 valence electrons. The van der Waals surface area contributed by atoms with Gasteiger partial charge in [0.2, 0.25) is 5.96 Å². The van der Waals surface area contributed by atoms with Gasteiger partial charge in [-0.15, -0.1) is 0 Å². The lowest BCUT2D eigenvalue weighted by Crippen LogP contribution is -2.36. The lowest BCUT2D eigenvalue weighted by atomic mass is 10.1. The number of para-hydroxylation sites is 1. The molecule has 0 bridgehead atoms. The summed E-state index contributed by atoms with van der Waals surface area (Å²) in [5, 5.41) is 2.80. The molecule has 1 heterocycles. The van der Waals surface area contributed by atoms with Gasteiger partial charge in [-0.1, -0.05) is 18.2 Å². The Kier molecular flexibility index (Phi) is 4.04. The molecule has 2 rings (SSSR count). The number of nitrogens with one attached hydrogen (secondary N) is 1. The number of anilines is 1. The minimum atomic E-state index is -0.415. The number of aryl methyl sites for hydroxylation is 2. The highest BCUT2D eigenvalue weighted by Crippen LogP contribution is 2.19. The van der Waals surface area contributed by atoms with Crippen molar-refractivity contribution in [2.45, 2.75) is 26.7 Å². The van der Waals surface area contributed by atoms with Crippen molar-refractivity contribution in [2.75, 3.05) is 18.4 Å². The van der Waals surface area contributed by atoms with Crippen molar-refractivity contribution >= 4 is 17.7 Å². The molecule has 0 spiro atoms. The van der Waals surface area contributed by atoms with Crippen molar-refractivity contribution in [2.24, 2.45) is 10.7 Å². The summed E-state index contributed by atoms with van der Waals surface area (Å²) in [6.45, 7) is 5.67. The predicted octanol–water partition coefficient (Wildman–Crippen LogP) is 2.25. The maximum Gasteiger partial charge on any atom is 0.348 e. The van der Waals surface area contributed by atoms with E-state index in [-0.39, 0.29) is 0 Å². The quantitative estimate of drug-likeness (QED) is 0.601. The second-order valence-corrected chi connectivity index (χ2v) is 4.86. The van der Waals surface area contributed by atoms with Crippen LogP contribution in [0.15, 0.2) is 23.2 Å². The molecule has 5 heteroatoms. The fraction of sp³-hybridized carbons (Fsp3) is 0.429. The number of benzene rings is 1. The van der Waals surface area contributed by atoms with Gasteiger partial charge in [0.15, 0.2) is 0 Å². The summed E-state index contributed by atoms with van der Waals surface area (Å²) < 4.78 is 0. The maximum atomic E-state index is 11.9. The van der Waals surface area contributed by atoms with Crippen molar-refractivity contribution in [1.29, 1.82) is 0 Å². The number of hydrogen-bond acceptors (Lipinski definition) is 1. The lowest BCUT2D eigenvalue weighted by molar-refractivity contribution is 0.259. The van der Waals surface area contributed by atoms with Crippen molar-refractivity contribution in [3.63, 3.8) is 0 Å². The second-order valence-electron chi connectivity index (χ2n) is 4.86. The van der Waals surface area contributed by atoms with Crippen LogP contribution in [0.5, 0.6) is 0 Å². The van der Waals surface area contributed by atoms with Crippen molar-refractivity contribution in [1.82, 2.24) is 4.90 Å². The molecule has 1 aliphatic heterocycles. The number of guanidine groups is 1. The Morgan fingerprint density at radius 3 is 2.42 bits per heavy atom. The summed E-state index contributed by atoms with van der Waals surface area (Å²) in [5.74, 6) is 0.307. The monoisotopic (exact) mass is 260 g/mol. The molecule has 0 radical (unpaired) electrons. The first kappa shape index (κ1) is 13.4. The van der Waals surface area contributed by atoms with Crippen LogP contribution in [0.1, 0.15) is 24.0 Å². The van der Waals surface area contributed by atoms with E-state index in [2.05, 4.69) is 10.3 Å². The first-order valence-electron chi connectivity index (χ1n) is 6.54. The van der Waals surface area contributed by atoms with E-state index in [0.717, 1.165) is 42.7 Å². The zero-order chi connectivity index (χ0) is 13.8. The molecule has 0 aromatic heterocycles. The number of carbonyl (C=O) groups is 1. The third-order valence-electron chi connectivity index (χ3n) is 3.36. The van der Waals surface area contributed by atoms with E-state index in [0.29, 0.717) is 5.96 Å². The number of rotatable bonds is 1. The van der Waals surface area contributed by atoms with E-state index in [1.807, 2.05) is 36.9 Å². The SMILES string of the molecule is Cc1cccc(C)c1NC(=O)N=C(N)N1CCCC1. The first-order valence-corrected chi connectivity index (χ1v) is 6.54. The maximum absolute atomic E-state index is 11.9. The first-order chi connectivity index (χ1) is 9.08. The number of urea groups is 1. The van der Waals surface area contributed by atoms with Gasteiger partial charge in [-0.05, 0) is 37.8 Å². The molecule has 1 aliphatic rings. The predicted molar refractivity (Wildman–Crippen MR) is 77.4 cm³/mol. The minimum absolute atomic E-state index is 0.307. The highest BCUT2D eigenvalue weighted by Gasteiger charge is 2.15. The molecule has 2 amide bonds. The van der Waals surface area contributed by atoms with Crippen molar-refractivity contribution in [3.8, 4) is 0 Å². The molecular formula is C14H20N4O. The normalized spacial score (nSPS) is 15.7. The van der Waals surface area contributed by atoms with Crippen LogP contribution >= 0.6 is 0 Å². The Morgan fingerprint density at radius 2 is 1.84 bits per heavy atom. The third-order valence-corrected chi connectivity index (χ3v) is 3.36. The number of hydrogen-bond donors (Lipinski definition) is 2. The number of nitrogens with zero attached hydrogens (tertiary/aromatic N) is 2. The molecular weight excluding hydrogens is 240 g/mol. The summed E-state index contributed by atoms with van der Waals surface area (Å²) in [7, 11) is 0. The number of likely N-dealkylation sites (tertiary alicyclic amines) is 1. The Balaban J connectivity index is 2.06.